The molecule has 1 N–H and O–H groups in total. The van der Waals surface area contributed by atoms with Crippen LogP contribution in [0.15, 0.2) is 18.2 Å². The number of nitrogens with one attached hydrogen (secondary N) is 1. The third-order valence-electron chi connectivity index (χ3n) is 2.65. The van der Waals surface area contributed by atoms with E-state index in [4.69, 9.17) is 4.74 Å². The van der Waals surface area contributed by atoms with Gasteiger partial charge >= 0.3 is 0 Å². The summed E-state index contributed by atoms with van der Waals surface area (Å²) in [5, 5.41) is 14.0. The quantitative estimate of drug-likeness (QED) is 0.598. The van der Waals surface area contributed by atoms with Crippen molar-refractivity contribution in [3.8, 4) is 5.75 Å². The molecule has 0 aromatic heterocycles. The molecule has 0 aliphatic rings. The summed E-state index contributed by atoms with van der Waals surface area (Å²) >= 11 is 0. The molecule has 0 amide bonds. The van der Waals surface area contributed by atoms with Crippen molar-refractivity contribution in [2.24, 2.45) is 5.92 Å². The average molecular weight is 252 g/mol. The zero-order valence-electron chi connectivity index (χ0n) is 11.1. The van der Waals surface area contributed by atoms with Gasteiger partial charge in [-0.25, -0.2) is 0 Å². The lowest BCUT2D eigenvalue weighted by atomic mass is 10.2. The summed E-state index contributed by atoms with van der Waals surface area (Å²) in [5.41, 5.74) is 0.750. The highest BCUT2D eigenvalue weighted by molar-refractivity contribution is 5.45. The largest absolute Gasteiger partial charge is 0.493 e. The van der Waals surface area contributed by atoms with E-state index in [1.807, 2.05) is 0 Å². The van der Waals surface area contributed by atoms with Crippen molar-refractivity contribution < 1.29 is 9.66 Å². The molecule has 1 aromatic carbocycles. The molecule has 1 atom stereocenters. The van der Waals surface area contributed by atoms with Gasteiger partial charge in [-0.1, -0.05) is 13.8 Å². The summed E-state index contributed by atoms with van der Waals surface area (Å²) in [6, 6.07) is 4.96. The summed E-state index contributed by atoms with van der Waals surface area (Å²) in [5.74, 6) is 0.918. The smallest absolute Gasteiger partial charge is 0.275 e. The summed E-state index contributed by atoms with van der Waals surface area (Å²) in [4.78, 5) is 10.4. The Morgan fingerprint density at radius 1 is 1.50 bits per heavy atom. The topological polar surface area (TPSA) is 64.4 Å². The van der Waals surface area contributed by atoms with Crippen molar-refractivity contribution in [2.75, 3.05) is 19.7 Å². The standard InChI is InChI=1S/C13H20N2O3/c1-4-14-8-10(2)9-18-12-6-5-11(3)13(7-12)15(16)17/h5-7,10,14H,4,8-9H2,1-3H3. The van der Waals surface area contributed by atoms with E-state index < -0.39 is 0 Å². The van der Waals surface area contributed by atoms with Gasteiger partial charge in [0.05, 0.1) is 17.6 Å². The van der Waals surface area contributed by atoms with Crippen LogP contribution in [-0.4, -0.2) is 24.6 Å². The Morgan fingerprint density at radius 2 is 2.22 bits per heavy atom. The summed E-state index contributed by atoms with van der Waals surface area (Å²) < 4.78 is 5.57. The van der Waals surface area contributed by atoms with Gasteiger partial charge in [0.25, 0.3) is 5.69 Å². The van der Waals surface area contributed by atoms with Gasteiger partial charge in [0, 0.05) is 18.0 Å². The fourth-order valence-corrected chi connectivity index (χ4v) is 1.56. The van der Waals surface area contributed by atoms with Gasteiger partial charge in [0.1, 0.15) is 5.75 Å². The van der Waals surface area contributed by atoms with Crippen molar-refractivity contribution in [1.82, 2.24) is 5.32 Å². The van der Waals surface area contributed by atoms with Gasteiger partial charge in [-0.2, -0.15) is 0 Å². The van der Waals surface area contributed by atoms with Crippen LogP contribution in [0, 0.1) is 23.0 Å². The molecule has 1 unspecified atom stereocenters. The molecular formula is C13H20N2O3. The SMILES string of the molecule is CCNCC(C)COc1ccc(C)c([N+](=O)[O-])c1. The number of hydrogen-bond donors (Lipinski definition) is 1. The van der Waals surface area contributed by atoms with E-state index >= 15 is 0 Å². The fourth-order valence-electron chi connectivity index (χ4n) is 1.56. The van der Waals surface area contributed by atoms with E-state index in [9.17, 15) is 10.1 Å². The Kier molecular flexibility index (Phi) is 5.58. The first-order valence-corrected chi connectivity index (χ1v) is 6.13. The third-order valence-corrected chi connectivity index (χ3v) is 2.65. The van der Waals surface area contributed by atoms with Gasteiger partial charge in [-0.05, 0) is 25.6 Å². The number of aryl methyl sites for hydroxylation is 1. The lowest BCUT2D eigenvalue weighted by Crippen LogP contribution is -2.24. The first-order valence-electron chi connectivity index (χ1n) is 6.13. The van der Waals surface area contributed by atoms with Gasteiger partial charge in [-0.3, -0.25) is 10.1 Å². The number of nitro groups is 1. The monoisotopic (exact) mass is 252 g/mol. The highest BCUT2D eigenvalue weighted by Gasteiger charge is 2.12. The van der Waals surface area contributed by atoms with Crippen molar-refractivity contribution in [1.29, 1.82) is 0 Å². The summed E-state index contributed by atoms with van der Waals surface area (Å²) in [6.45, 7) is 8.20. The number of benzene rings is 1. The number of rotatable bonds is 7. The second-order valence-electron chi connectivity index (χ2n) is 4.43. The van der Waals surface area contributed by atoms with Crippen LogP contribution >= 0.6 is 0 Å². The van der Waals surface area contributed by atoms with Gasteiger partial charge in [0.2, 0.25) is 0 Å². The minimum Gasteiger partial charge on any atom is -0.493 e. The van der Waals surface area contributed by atoms with Crippen LogP contribution in [0.25, 0.3) is 0 Å². The van der Waals surface area contributed by atoms with E-state index in [1.165, 1.54) is 6.07 Å². The molecule has 0 saturated heterocycles. The summed E-state index contributed by atoms with van der Waals surface area (Å²) in [7, 11) is 0. The Hall–Kier alpha value is -1.62. The lowest BCUT2D eigenvalue weighted by molar-refractivity contribution is -0.385. The highest BCUT2D eigenvalue weighted by Crippen LogP contribution is 2.24. The van der Waals surface area contributed by atoms with Crippen LogP contribution in [-0.2, 0) is 0 Å². The Balaban J connectivity index is 2.57. The number of hydrogen-bond acceptors (Lipinski definition) is 4. The van der Waals surface area contributed by atoms with E-state index in [2.05, 4.69) is 19.2 Å². The Bertz CT molecular complexity index is 407. The molecular weight excluding hydrogens is 232 g/mol. The van der Waals surface area contributed by atoms with E-state index in [0.29, 0.717) is 23.8 Å². The Morgan fingerprint density at radius 3 is 2.83 bits per heavy atom. The molecule has 0 radical (unpaired) electrons. The molecule has 0 heterocycles. The zero-order valence-corrected chi connectivity index (χ0v) is 11.1. The van der Waals surface area contributed by atoms with Crippen molar-refractivity contribution in [3.63, 3.8) is 0 Å². The minimum absolute atomic E-state index is 0.104. The maximum absolute atomic E-state index is 10.8. The van der Waals surface area contributed by atoms with Crippen molar-refractivity contribution in [2.45, 2.75) is 20.8 Å². The van der Waals surface area contributed by atoms with Gasteiger partial charge < -0.3 is 10.1 Å². The van der Waals surface area contributed by atoms with Crippen molar-refractivity contribution >= 4 is 5.69 Å². The lowest BCUT2D eigenvalue weighted by Gasteiger charge is -2.13. The Labute approximate surface area is 107 Å². The van der Waals surface area contributed by atoms with E-state index in [-0.39, 0.29) is 10.6 Å². The maximum atomic E-state index is 10.8. The molecule has 0 aliphatic heterocycles. The zero-order chi connectivity index (χ0) is 13.5. The molecule has 1 aromatic rings. The predicted octanol–water partition coefficient (Wildman–Crippen LogP) is 2.53. The molecule has 100 valence electrons. The van der Waals surface area contributed by atoms with E-state index in [1.54, 1.807) is 19.1 Å². The van der Waals surface area contributed by atoms with Crippen LogP contribution in [0.4, 0.5) is 5.69 Å². The molecule has 18 heavy (non-hydrogen) atoms. The fraction of sp³-hybridized carbons (Fsp3) is 0.538. The first-order chi connectivity index (χ1) is 8.54. The van der Waals surface area contributed by atoms with Crippen LogP contribution < -0.4 is 10.1 Å². The highest BCUT2D eigenvalue weighted by atomic mass is 16.6. The normalized spacial score (nSPS) is 12.2. The number of nitrogens with zero attached hydrogens (tertiary/aromatic N) is 1. The van der Waals surface area contributed by atoms with Crippen LogP contribution in [0.5, 0.6) is 5.75 Å². The van der Waals surface area contributed by atoms with Crippen molar-refractivity contribution in [3.05, 3.63) is 33.9 Å². The van der Waals surface area contributed by atoms with Crippen LogP contribution in [0.2, 0.25) is 0 Å². The second-order valence-corrected chi connectivity index (χ2v) is 4.43. The third kappa shape index (κ3) is 4.33. The van der Waals surface area contributed by atoms with E-state index in [0.717, 1.165) is 13.1 Å². The molecule has 5 heteroatoms. The summed E-state index contributed by atoms with van der Waals surface area (Å²) in [6.07, 6.45) is 0. The minimum atomic E-state index is -0.385. The maximum Gasteiger partial charge on any atom is 0.275 e. The first kappa shape index (κ1) is 14.4. The molecule has 0 aliphatic carbocycles. The predicted molar refractivity (Wildman–Crippen MR) is 71.0 cm³/mol. The number of nitro benzene ring substituents is 1. The average Bonchev–Trinajstić information content (AvgIpc) is 2.35. The molecule has 0 bridgehead atoms. The number of ether oxygens (including phenoxy) is 1. The molecule has 0 saturated carbocycles. The van der Waals surface area contributed by atoms with Gasteiger partial charge in [-0.15, -0.1) is 0 Å². The second kappa shape index (κ2) is 6.96. The molecule has 0 spiro atoms. The molecule has 1 rings (SSSR count). The van der Waals surface area contributed by atoms with Crippen LogP contribution in [0.3, 0.4) is 0 Å². The van der Waals surface area contributed by atoms with Crippen LogP contribution in [0.1, 0.15) is 19.4 Å². The molecule has 0 fully saturated rings. The van der Waals surface area contributed by atoms with Gasteiger partial charge in [0.15, 0.2) is 0 Å². The molecule has 5 nitrogen and oxygen atoms in total.